The number of rotatable bonds is 0. The van der Waals surface area contributed by atoms with Gasteiger partial charge in [0.15, 0.2) is 0 Å². The Kier molecular flexibility index (Phi) is 2.18. The molecular formula is C5H9S. The highest BCUT2D eigenvalue weighted by atomic mass is 32.1. The van der Waals surface area contributed by atoms with E-state index in [0.717, 1.165) is 4.91 Å². The van der Waals surface area contributed by atoms with Crippen molar-refractivity contribution < 1.29 is 0 Å². The van der Waals surface area contributed by atoms with Crippen molar-refractivity contribution in [3.63, 3.8) is 0 Å². The van der Waals surface area contributed by atoms with Gasteiger partial charge in [0.2, 0.25) is 0 Å². The van der Waals surface area contributed by atoms with Gasteiger partial charge in [-0.05, 0) is 20.8 Å². The van der Waals surface area contributed by atoms with Crippen LogP contribution in [0.1, 0.15) is 20.8 Å². The minimum atomic E-state index is 1.01. The topological polar surface area (TPSA) is 0 Å². The summed E-state index contributed by atoms with van der Waals surface area (Å²) in [6, 6.07) is 0. The predicted molar refractivity (Wildman–Crippen MR) is 31.6 cm³/mol. The SMILES string of the molecule is CC(C)=C(C)[S]. The molecule has 6 heavy (non-hydrogen) atoms. The maximum atomic E-state index is 4.78. The summed E-state index contributed by atoms with van der Waals surface area (Å²) >= 11 is 4.78. The molecular weight excluding hydrogens is 92.1 g/mol. The summed E-state index contributed by atoms with van der Waals surface area (Å²) in [5.41, 5.74) is 1.24. The van der Waals surface area contributed by atoms with Gasteiger partial charge in [0.25, 0.3) is 0 Å². The first-order valence-electron chi connectivity index (χ1n) is 1.95. The Balaban J connectivity index is 3.68. The molecule has 35 valence electrons. The molecule has 0 aromatic rings. The van der Waals surface area contributed by atoms with Crippen LogP contribution in [-0.2, 0) is 0 Å². The highest BCUT2D eigenvalue weighted by Crippen LogP contribution is 2.03. The maximum Gasteiger partial charge on any atom is 0.0107 e. The number of hydrogen-bond acceptors (Lipinski definition) is 0. The van der Waals surface area contributed by atoms with Crippen LogP contribution < -0.4 is 0 Å². The van der Waals surface area contributed by atoms with Gasteiger partial charge in [0.05, 0.1) is 0 Å². The zero-order valence-corrected chi connectivity index (χ0v) is 5.22. The van der Waals surface area contributed by atoms with E-state index >= 15 is 0 Å². The van der Waals surface area contributed by atoms with Crippen LogP contribution in [0.4, 0.5) is 0 Å². The Morgan fingerprint density at radius 2 is 1.33 bits per heavy atom. The largest absolute Gasteiger partial charge is 0.0853 e. The van der Waals surface area contributed by atoms with Gasteiger partial charge in [0, 0.05) is 4.91 Å². The fourth-order valence-corrected chi connectivity index (χ4v) is 0. The van der Waals surface area contributed by atoms with Crippen molar-refractivity contribution in [1.29, 1.82) is 0 Å². The molecule has 0 rings (SSSR count). The van der Waals surface area contributed by atoms with E-state index in [-0.39, 0.29) is 0 Å². The van der Waals surface area contributed by atoms with E-state index in [4.69, 9.17) is 12.6 Å². The molecule has 1 heteroatoms. The molecule has 0 saturated carbocycles. The van der Waals surface area contributed by atoms with Gasteiger partial charge < -0.3 is 0 Å². The molecule has 0 aliphatic rings. The summed E-state index contributed by atoms with van der Waals surface area (Å²) in [6.07, 6.45) is 0. The van der Waals surface area contributed by atoms with Crippen LogP contribution in [0.5, 0.6) is 0 Å². The van der Waals surface area contributed by atoms with E-state index in [0.29, 0.717) is 0 Å². The van der Waals surface area contributed by atoms with Gasteiger partial charge >= 0.3 is 0 Å². The molecule has 0 nitrogen and oxygen atoms in total. The monoisotopic (exact) mass is 101 g/mol. The quantitative estimate of drug-likeness (QED) is 0.440. The first kappa shape index (κ1) is 5.96. The molecule has 0 fully saturated rings. The van der Waals surface area contributed by atoms with Crippen LogP contribution in [0.3, 0.4) is 0 Å². The second kappa shape index (κ2) is 2.19. The van der Waals surface area contributed by atoms with Gasteiger partial charge in [-0.2, -0.15) is 0 Å². The minimum absolute atomic E-state index is 1.01. The Morgan fingerprint density at radius 1 is 1.17 bits per heavy atom. The zero-order valence-electron chi connectivity index (χ0n) is 4.41. The third-order valence-corrected chi connectivity index (χ3v) is 1.11. The second-order valence-corrected chi connectivity index (χ2v) is 2.17. The van der Waals surface area contributed by atoms with Crippen molar-refractivity contribution in [2.24, 2.45) is 0 Å². The zero-order chi connectivity index (χ0) is 5.15. The van der Waals surface area contributed by atoms with Crippen molar-refractivity contribution in [2.45, 2.75) is 20.8 Å². The summed E-state index contributed by atoms with van der Waals surface area (Å²) in [5.74, 6) is 0. The molecule has 0 heterocycles. The van der Waals surface area contributed by atoms with E-state index in [1.165, 1.54) is 5.57 Å². The molecule has 0 unspecified atom stereocenters. The summed E-state index contributed by atoms with van der Waals surface area (Å²) in [6.45, 7) is 5.97. The first-order chi connectivity index (χ1) is 2.64. The van der Waals surface area contributed by atoms with Gasteiger partial charge in [-0.15, -0.1) is 0 Å². The van der Waals surface area contributed by atoms with Crippen molar-refractivity contribution in [2.75, 3.05) is 0 Å². The lowest BCUT2D eigenvalue weighted by molar-refractivity contribution is 1.35. The van der Waals surface area contributed by atoms with Crippen LogP contribution in [-0.4, -0.2) is 0 Å². The standard InChI is InChI=1S/C5H9S/c1-4(2)5(3)6/h1-3H3. The van der Waals surface area contributed by atoms with Gasteiger partial charge in [0.1, 0.15) is 0 Å². The first-order valence-corrected chi connectivity index (χ1v) is 2.36. The van der Waals surface area contributed by atoms with Crippen molar-refractivity contribution in [3.05, 3.63) is 10.5 Å². The summed E-state index contributed by atoms with van der Waals surface area (Å²) in [7, 11) is 0. The van der Waals surface area contributed by atoms with Crippen LogP contribution >= 0.6 is 12.6 Å². The van der Waals surface area contributed by atoms with E-state index in [2.05, 4.69) is 0 Å². The predicted octanol–water partition coefficient (Wildman–Crippen LogP) is 2.50. The van der Waals surface area contributed by atoms with Crippen molar-refractivity contribution >= 4 is 12.6 Å². The normalized spacial score (nSPS) is 7.83. The number of allylic oxidation sites excluding steroid dienone is 2. The van der Waals surface area contributed by atoms with Gasteiger partial charge in [-0.3, -0.25) is 0 Å². The van der Waals surface area contributed by atoms with Crippen molar-refractivity contribution in [3.8, 4) is 0 Å². The lowest BCUT2D eigenvalue weighted by Gasteiger charge is -1.85. The van der Waals surface area contributed by atoms with Crippen LogP contribution in [0, 0.1) is 0 Å². The smallest absolute Gasteiger partial charge is 0.0107 e. The fraction of sp³-hybridized carbons (Fsp3) is 0.600. The summed E-state index contributed by atoms with van der Waals surface area (Å²) in [4.78, 5) is 1.01. The van der Waals surface area contributed by atoms with E-state index in [1.807, 2.05) is 20.8 Å². The second-order valence-electron chi connectivity index (χ2n) is 1.56. The molecule has 0 aliphatic carbocycles. The Hall–Kier alpha value is -0.0400. The average Bonchev–Trinajstić information content (AvgIpc) is 1.36. The highest BCUT2D eigenvalue weighted by molar-refractivity contribution is 7.84. The molecule has 0 amide bonds. The number of hydrogen-bond donors (Lipinski definition) is 0. The molecule has 0 bridgehead atoms. The molecule has 0 atom stereocenters. The third kappa shape index (κ3) is 2.21. The van der Waals surface area contributed by atoms with Gasteiger partial charge in [-0.25, -0.2) is 0 Å². The Morgan fingerprint density at radius 3 is 1.33 bits per heavy atom. The van der Waals surface area contributed by atoms with Gasteiger partial charge in [-0.1, -0.05) is 18.2 Å². The van der Waals surface area contributed by atoms with E-state index in [9.17, 15) is 0 Å². The maximum absolute atomic E-state index is 4.78. The molecule has 1 radical (unpaired) electrons. The molecule has 0 spiro atoms. The average molecular weight is 101 g/mol. The van der Waals surface area contributed by atoms with Crippen LogP contribution in [0.15, 0.2) is 10.5 Å². The van der Waals surface area contributed by atoms with E-state index in [1.54, 1.807) is 0 Å². The summed E-state index contributed by atoms with van der Waals surface area (Å²) < 4.78 is 0. The Bertz CT molecular complexity index is 54.0. The fourth-order valence-electron chi connectivity index (χ4n) is 0. The highest BCUT2D eigenvalue weighted by Gasteiger charge is 1.78. The molecule has 0 aromatic heterocycles. The van der Waals surface area contributed by atoms with Crippen LogP contribution in [0.2, 0.25) is 0 Å². The third-order valence-electron chi connectivity index (χ3n) is 0.704. The van der Waals surface area contributed by atoms with E-state index < -0.39 is 0 Å². The van der Waals surface area contributed by atoms with Crippen molar-refractivity contribution in [1.82, 2.24) is 0 Å². The lowest BCUT2D eigenvalue weighted by atomic mass is 10.3. The molecule has 0 N–H and O–H groups in total. The lowest BCUT2D eigenvalue weighted by Crippen LogP contribution is -1.62. The summed E-state index contributed by atoms with van der Waals surface area (Å²) in [5, 5.41) is 0. The molecule has 0 saturated heterocycles. The van der Waals surface area contributed by atoms with Crippen LogP contribution in [0.25, 0.3) is 0 Å². The minimum Gasteiger partial charge on any atom is -0.0853 e. The Labute approximate surface area is 44.7 Å². The molecule has 0 aromatic carbocycles. The molecule has 0 aliphatic heterocycles.